The van der Waals surface area contributed by atoms with Gasteiger partial charge in [-0.2, -0.15) is 0 Å². The number of nitrogens with zero attached hydrogens (tertiary/aromatic N) is 1. The topological polar surface area (TPSA) is 49.9 Å². The Kier molecular flexibility index (Phi) is 5.44. The van der Waals surface area contributed by atoms with Gasteiger partial charge in [0.2, 0.25) is 0 Å². The Balaban J connectivity index is 1.93. The van der Waals surface area contributed by atoms with Crippen LogP contribution in [0.1, 0.15) is 11.1 Å². The van der Waals surface area contributed by atoms with E-state index in [2.05, 4.69) is 40.4 Å². The Morgan fingerprint density at radius 3 is 3.00 bits per heavy atom. The highest BCUT2D eigenvalue weighted by atomic mass is 32.2. The van der Waals surface area contributed by atoms with Gasteiger partial charge in [-0.15, -0.1) is 0 Å². The Bertz CT molecular complexity index is 499. The lowest BCUT2D eigenvalue weighted by molar-refractivity contribution is 0.199. The SMILES string of the molecule is COCCNCc1ccc(Sc2ncc[nH]2)cc1C. The summed E-state index contributed by atoms with van der Waals surface area (Å²) < 4.78 is 5.01. The molecule has 0 spiro atoms. The molecule has 2 rings (SSSR count). The number of nitrogens with one attached hydrogen (secondary N) is 2. The zero-order valence-corrected chi connectivity index (χ0v) is 12.1. The summed E-state index contributed by atoms with van der Waals surface area (Å²) in [5.74, 6) is 0. The van der Waals surface area contributed by atoms with E-state index in [4.69, 9.17) is 4.74 Å². The minimum absolute atomic E-state index is 0.742. The molecule has 0 bridgehead atoms. The van der Waals surface area contributed by atoms with Gasteiger partial charge < -0.3 is 15.0 Å². The van der Waals surface area contributed by atoms with Gasteiger partial charge in [-0.25, -0.2) is 4.98 Å². The summed E-state index contributed by atoms with van der Waals surface area (Å²) in [7, 11) is 1.72. The average molecular weight is 277 g/mol. The lowest BCUT2D eigenvalue weighted by Crippen LogP contribution is -2.19. The maximum absolute atomic E-state index is 5.01. The van der Waals surface area contributed by atoms with Crippen molar-refractivity contribution in [3.8, 4) is 0 Å². The summed E-state index contributed by atoms with van der Waals surface area (Å²) in [5.41, 5.74) is 2.61. The Hall–Kier alpha value is -1.30. The molecule has 2 N–H and O–H groups in total. The van der Waals surface area contributed by atoms with Crippen molar-refractivity contribution in [1.82, 2.24) is 15.3 Å². The first kappa shape index (κ1) is 14.1. The first-order chi connectivity index (χ1) is 9.29. The number of rotatable bonds is 7. The third-order valence-corrected chi connectivity index (χ3v) is 3.71. The summed E-state index contributed by atoms with van der Waals surface area (Å²) in [6.45, 7) is 4.63. The van der Waals surface area contributed by atoms with Crippen molar-refractivity contribution in [3.05, 3.63) is 41.7 Å². The van der Waals surface area contributed by atoms with Crippen molar-refractivity contribution in [3.63, 3.8) is 0 Å². The third-order valence-electron chi connectivity index (χ3n) is 2.80. The molecule has 1 aromatic heterocycles. The molecule has 0 amide bonds. The maximum atomic E-state index is 5.01. The lowest BCUT2D eigenvalue weighted by atomic mass is 10.1. The van der Waals surface area contributed by atoms with E-state index in [1.807, 2.05) is 6.20 Å². The highest BCUT2D eigenvalue weighted by Gasteiger charge is 2.03. The van der Waals surface area contributed by atoms with Gasteiger partial charge in [-0.1, -0.05) is 17.8 Å². The van der Waals surface area contributed by atoms with Crippen LogP contribution in [0.4, 0.5) is 0 Å². The van der Waals surface area contributed by atoms with Gasteiger partial charge in [0.1, 0.15) is 0 Å². The molecule has 0 aliphatic carbocycles. The molecule has 0 atom stereocenters. The minimum Gasteiger partial charge on any atom is -0.383 e. The monoisotopic (exact) mass is 277 g/mol. The molecule has 0 aliphatic heterocycles. The van der Waals surface area contributed by atoms with Gasteiger partial charge in [-0.05, 0) is 30.2 Å². The summed E-state index contributed by atoms with van der Waals surface area (Å²) in [6.07, 6.45) is 3.60. The van der Waals surface area contributed by atoms with Crippen molar-refractivity contribution in [2.45, 2.75) is 23.5 Å². The van der Waals surface area contributed by atoms with Crippen LogP contribution in [0, 0.1) is 6.92 Å². The fraction of sp³-hybridized carbons (Fsp3) is 0.357. The molecule has 0 unspecified atom stereocenters. The van der Waals surface area contributed by atoms with Gasteiger partial charge in [-0.3, -0.25) is 0 Å². The number of aromatic amines is 1. The Morgan fingerprint density at radius 1 is 1.42 bits per heavy atom. The van der Waals surface area contributed by atoms with E-state index in [0.717, 1.165) is 24.9 Å². The molecule has 19 heavy (non-hydrogen) atoms. The molecular weight excluding hydrogens is 258 g/mol. The highest BCUT2D eigenvalue weighted by molar-refractivity contribution is 7.99. The molecule has 0 saturated carbocycles. The minimum atomic E-state index is 0.742. The van der Waals surface area contributed by atoms with E-state index in [9.17, 15) is 0 Å². The van der Waals surface area contributed by atoms with Crippen molar-refractivity contribution >= 4 is 11.8 Å². The van der Waals surface area contributed by atoms with Crippen molar-refractivity contribution in [2.75, 3.05) is 20.3 Å². The van der Waals surface area contributed by atoms with Crippen LogP contribution in [-0.2, 0) is 11.3 Å². The first-order valence-corrected chi connectivity index (χ1v) is 7.07. The third kappa shape index (κ3) is 4.38. The normalized spacial score (nSPS) is 10.8. The van der Waals surface area contributed by atoms with Crippen molar-refractivity contribution in [2.24, 2.45) is 0 Å². The summed E-state index contributed by atoms with van der Waals surface area (Å²) in [5, 5.41) is 4.28. The van der Waals surface area contributed by atoms with E-state index in [-0.39, 0.29) is 0 Å². The second kappa shape index (κ2) is 7.33. The Morgan fingerprint density at radius 2 is 2.32 bits per heavy atom. The molecular formula is C14H19N3OS. The van der Waals surface area contributed by atoms with Crippen LogP contribution in [-0.4, -0.2) is 30.2 Å². The zero-order valence-electron chi connectivity index (χ0n) is 11.3. The van der Waals surface area contributed by atoms with E-state index >= 15 is 0 Å². The number of hydrogen-bond donors (Lipinski definition) is 2. The zero-order chi connectivity index (χ0) is 13.5. The maximum Gasteiger partial charge on any atom is 0.170 e. The molecule has 1 heterocycles. The van der Waals surface area contributed by atoms with Crippen LogP contribution in [0.15, 0.2) is 40.6 Å². The van der Waals surface area contributed by atoms with Crippen LogP contribution in [0.3, 0.4) is 0 Å². The second-order valence-corrected chi connectivity index (χ2v) is 5.32. The molecule has 1 aromatic carbocycles. The molecule has 4 nitrogen and oxygen atoms in total. The number of H-pyrrole nitrogens is 1. The Labute approximate surface area is 118 Å². The van der Waals surface area contributed by atoms with Crippen LogP contribution in [0.2, 0.25) is 0 Å². The number of hydrogen-bond acceptors (Lipinski definition) is 4. The first-order valence-electron chi connectivity index (χ1n) is 6.26. The number of aromatic nitrogens is 2. The predicted octanol–water partition coefficient (Wildman–Crippen LogP) is 2.61. The predicted molar refractivity (Wildman–Crippen MR) is 77.5 cm³/mol. The van der Waals surface area contributed by atoms with Crippen LogP contribution in [0.25, 0.3) is 0 Å². The highest BCUT2D eigenvalue weighted by Crippen LogP contribution is 2.26. The smallest absolute Gasteiger partial charge is 0.170 e. The number of aryl methyl sites for hydroxylation is 1. The van der Waals surface area contributed by atoms with E-state index in [0.29, 0.717) is 0 Å². The summed E-state index contributed by atoms with van der Waals surface area (Å²) in [6, 6.07) is 6.49. The van der Waals surface area contributed by atoms with Gasteiger partial charge >= 0.3 is 0 Å². The standard InChI is InChI=1S/C14H19N3OS/c1-11-9-13(19-14-16-5-6-17-14)4-3-12(11)10-15-7-8-18-2/h3-6,9,15H,7-8,10H2,1-2H3,(H,16,17). The van der Waals surface area contributed by atoms with Crippen molar-refractivity contribution < 1.29 is 4.74 Å². The van der Waals surface area contributed by atoms with Gasteiger partial charge in [0, 0.05) is 37.5 Å². The molecule has 0 radical (unpaired) electrons. The second-order valence-electron chi connectivity index (χ2n) is 4.25. The van der Waals surface area contributed by atoms with Crippen LogP contribution >= 0.6 is 11.8 Å². The quantitative estimate of drug-likeness (QED) is 0.764. The fourth-order valence-corrected chi connectivity index (χ4v) is 2.58. The molecule has 5 heteroatoms. The number of ether oxygens (including phenoxy) is 1. The number of methoxy groups -OCH3 is 1. The van der Waals surface area contributed by atoms with Gasteiger partial charge in [0.15, 0.2) is 5.16 Å². The molecule has 102 valence electrons. The van der Waals surface area contributed by atoms with Crippen LogP contribution in [0.5, 0.6) is 0 Å². The van der Waals surface area contributed by atoms with Crippen LogP contribution < -0.4 is 5.32 Å². The largest absolute Gasteiger partial charge is 0.383 e. The number of benzene rings is 1. The average Bonchev–Trinajstić information content (AvgIpc) is 2.90. The summed E-state index contributed by atoms with van der Waals surface area (Å²) in [4.78, 5) is 8.51. The fourth-order valence-electron chi connectivity index (χ4n) is 1.75. The molecule has 2 aromatic rings. The van der Waals surface area contributed by atoms with E-state index < -0.39 is 0 Å². The van der Waals surface area contributed by atoms with E-state index in [1.165, 1.54) is 16.0 Å². The molecule has 0 saturated heterocycles. The van der Waals surface area contributed by atoms with Gasteiger partial charge in [0.05, 0.1) is 6.61 Å². The molecule has 0 fully saturated rings. The molecule has 0 aliphatic rings. The van der Waals surface area contributed by atoms with E-state index in [1.54, 1.807) is 25.1 Å². The number of imidazole rings is 1. The summed E-state index contributed by atoms with van der Waals surface area (Å²) >= 11 is 1.64. The van der Waals surface area contributed by atoms with Gasteiger partial charge in [0.25, 0.3) is 0 Å². The van der Waals surface area contributed by atoms with Crippen molar-refractivity contribution in [1.29, 1.82) is 0 Å². The lowest BCUT2D eigenvalue weighted by Gasteiger charge is -2.09.